The minimum atomic E-state index is -0.661. The van der Waals surface area contributed by atoms with Crippen LogP contribution in [0.4, 0.5) is 10.2 Å². The Kier molecular flexibility index (Phi) is 6.68. The number of aromatic amines is 1. The monoisotopic (exact) mass is 608 g/mol. The largest absolute Gasteiger partial charge is 0.487 e. The molecule has 2 atom stereocenters. The summed E-state index contributed by atoms with van der Waals surface area (Å²) in [6.45, 7) is 14.1. The van der Waals surface area contributed by atoms with Crippen LogP contribution in [-0.2, 0) is 4.79 Å². The lowest BCUT2D eigenvalue weighted by molar-refractivity contribution is -0.127. The molecule has 1 N–H and O–H groups in total. The molecule has 0 saturated carbocycles. The normalized spacial score (nSPS) is 17.8. The van der Waals surface area contributed by atoms with Gasteiger partial charge in [0.2, 0.25) is 5.91 Å². The Labute approximate surface area is 258 Å². The lowest BCUT2D eigenvalue weighted by Crippen LogP contribution is -2.61. The summed E-state index contributed by atoms with van der Waals surface area (Å²) in [6, 6.07) is 4.93. The van der Waals surface area contributed by atoms with Crippen LogP contribution in [0.15, 0.2) is 48.0 Å². The fraction of sp³-hybridized carbons (Fsp3) is 0.333. The molecular formula is C33H33FN8O3. The standard InChI is InChI=1S/C33H33FN8O3/c1-7-23(43)40-13-19(6)41-20(14-40)15-45-30-25-31(37-28(26(30)34)24-17(4)8-9-22-21(24)12-36-39-22)42(33(44)38-32(25)41)29-18(5)10-11-35-27(29)16(2)3/h7-12,16,19-20H,1,13-15H2,2-6H3,(H,36,39). The Balaban J connectivity index is 1.60. The van der Waals surface area contributed by atoms with Crippen LogP contribution in [0.5, 0.6) is 5.75 Å². The zero-order chi connectivity index (χ0) is 31.7. The van der Waals surface area contributed by atoms with E-state index in [-0.39, 0.29) is 47.4 Å². The number of ether oxygens (including phenoxy) is 1. The third-order valence-corrected chi connectivity index (χ3v) is 8.83. The van der Waals surface area contributed by atoms with Crippen molar-refractivity contribution in [2.75, 3.05) is 24.6 Å². The SMILES string of the molecule is C=CC(=O)N1CC(C)N2c3nc(=O)n(-c4c(C)ccnc4C(C)C)c4nc(-c5c(C)ccc6[nH]ncc56)c(F)c(c34)OCC2C1. The lowest BCUT2D eigenvalue weighted by atomic mass is 9.99. The number of H-pyrrole nitrogens is 1. The molecule has 1 saturated heterocycles. The number of hydrogen-bond donors (Lipinski definition) is 1. The third kappa shape index (κ3) is 4.30. The summed E-state index contributed by atoms with van der Waals surface area (Å²) >= 11 is 0. The number of carbonyl (C=O) groups is 1. The molecule has 6 heterocycles. The van der Waals surface area contributed by atoms with Crippen molar-refractivity contribution in [3.8, 4) is 22.7 Å². The molecule has 4 aromatic heterocycles. The molecule has 2 aliphatic heterocycles. The van der Waals surface area contributed by atoms with E-state index in [1.807, 2.05) is 57.7 Å². The molecule has 12 heteroatoms. The number of benzene rings is 1. The fourth-order valence-electron chi connectivity index (χ4n) is 6.78. The Bertz CT molecular complexity index is 2100. The van der Waals surface area contributed by atoms with Gasteiger partial charge in [-0.2, -0.15) is 10.1 Å². The first-order chi connectivity index (χ1) is 21.6. The summed E-state index contributed by atoms with van der Waals surface area (Å²) in [5, 5.41) is 8.12. The number of piperazine rings is 1. The predicted octanol–water partition coefficient (Wildman–Crippen LogP) is 4.58. The van der Waals surface area contributed by atoms with Gasteiger partial charge in [0.15, 0.2) is 17.2 Å². The van der Waals surface area contributed by atoms with Crippen molar-refractivity contribution in [1.82, 2.24) is 34.6 Å². The molecule has 0 bridgehead atoms. The zero-order valence-corrected chi connectivity index (χ0v) is 25.8. The van der Waals surface area contributed by atoms with Crippen LogP contribution in [0.2, 0.25) is 0 Å². The van der Waals surface area contributed by atoms with Gasteiger partial charge in [0.1, 0.15) is 23.5 Å². The van der Waals surface area contributed by atoms with Crippen molar-refractivity contribution in [2.45, 2.75) is 52.6 Å². The Morgan fingerprint density at radius 1 is 1.18 bits per heavy atom. The van der Waals surface area contributed by atoms with Crippen molar-refractivity contribution in [1.29, 1.82) is 0 Å². The number of aryl methyl sites for hydroxylation is 2. The van der Waals surface area contributed by atoms with Crippen LogP contribution in [0.3, 0.4) is 0 Å². The van der Waals surface area contributed by atoms with Crippen molar-refractivity contribution >= 4 is 33.7 Å². The molecule has 1 amide bonds. The van der Waals surface area contributed by atoms with Crippen molar-refractivity contribution in [3.63, 3.8) is 0 Å². The molecule has 45 heavy (non-hydrogen) atoms. The maximum atomic E-state index is 17.0. The molecule has 230 valence electrons. The summed E-state index contributed by atoms with van der Waals surface area (Å²) in [6.07, 6.45) is 4.63. The summed E-state index contributed by atoms with van der Waals surface area (Å²) in [4.78, 5) is 44.8. The third-order valence-electron chi connectivity index (χ3n) is 8.83. The van der Waals surface area contributed by atoms with Gasteiger partial charge in [0.05, 0.1) is 29.1 Å². The zero-order valence-electron chi connectivity index (χ0n) is 25.8. The molecule has 5 aromatic rings. The van der Waals surface area contributed by atoms with Crippen LogP contribution in [0, 0.1) is 19.7 Å². The average molecular weight is 609 g/mol. The quantitative estimate of drug-likeness (QED) is 0.294. The van der Waals surface area contributed by atoms with Crippen LogP contribution in [-0.4, -0.2) is 72.3 Å². The van der Waals surface area contributed by atoms with Crippen LogP contribution >= 0.6 is 0 Å². The van der Waals surface area contributed by atoms with E-state index >= 15 is 4.39 Å². The van der Waals surface area contributed by atoms with Gasteiger partial charge in [0, 0.05) is 36.3 Å². The average Bonchev–Trinajstić information content (AvgIpc) is 3.42. The number of carbonyl (C=O) groups excluding carboxylic acids is 1. The number of aromatic nitrogens is 6. The number of halogens is 1. The highest BCUT2D eigenvalue weighted by Crippen LogP contribution is 2.44. The maximum absolute atomic E-state index is 17.0. The van der Waals surface area contributed by atoms with Gasteiger partial charge < -0.3 is 14.5 Å². The molecule has 2 aliphatic rings. The summed E-state index contributed by atoms with van der Waals surface area (Å²) in [7, 11) is 0. The molecule has 7 rings (SSSR count). The fourth-order valence-corrected chi connectivity index (χ4v) is 6.78. The highest BCUT2D eigenvalue weighted by atomic mass is 19.1. The Morgan fingerprint density at radius 2 is 1.98 bits per heavy atom. The van der Waals surface area contributed by atoms with Crippen LogP contribution in [0.1, 0.15) is 43.5 Å². The number of rotatable bonds is 4. The highest BCUT2D eigenvalue weighted by molar-refractivity contribution is 6.01. The van der Waals surface area contributed by atoms with Crippen molar-refractivity contribution < 1.29 is 13.9 Å². The second-order valence-electron chi connectivity index (χ2n) is 12.1. The number of fused-ring (bicyclic) bond motifs is 3. The molecule has 1 aromatic carbocycles. The van der Waals surface area contributed by atoms with Gasteiger partial charge in [-0.05, 0) is 56.0 Å². The van der Waals surface area contributed by atoms with E-state index in [9.17, 15) is 9.59 Å². The molecule has 0 radical (unpaired) electrons. The van der Waals surface area contributed by atoms with Gasteiger partial charge >= 0.3 is 5.69 Å². The topological polar surface area (TPSA) is 122 Å². The van der Waals surface area contributed by atoms with Gasteiger partial charge in [-0.1, -0.05) is 26.5 Å². The van der Waals surface area contributed by atoms with Crippen LogP contribution in [0.25, 0.3) is 38.9 Å². The van der Waals surface area contributed by atoms with Gasteiger partial charge in [-0.3, -0.25) is 14.9 Å². The van der Waals surface area contributed by atoms with Crippen molar-refractivity contribution in [3.05, 3.63) is 76.4 Å². The number of anilines is 1. The maximum Gasteiger partial charge on any atom is 0.355 e. The highest BCUT2D eigenvalue weighted by Gasteiger charge is 2.40. The number of hydrogen-bond acceptors (Lipinski definition) is 8. The Morgan fingerprint density at radius 3 is 2.73 bits per heavy atom. The van der Waals surface area contributed by atoms with Crippen LogP contribution < -0.4 is 15.3 Å². The molecule has 1 fully saturated rings. The van der Waals surface area contributed by atoms with E-state index in [4.69, 9.17) is 9.72 Å². The predicted molar refractivity (Wildman–Crippen MR) is 170 cm³/mol. The molecule has 11 nitrogen and oxygen atoms in total. The first-order valence-corrected chi connectivity index (χ1v) is 15.0. The first-order valence-electron chi connectivity index (χ1n) is 15.0. The number of nitrogens with zero attached hydrogens (tertiary/aromatic N) is 7. The number of nitrogens with one attached hydrogen (secondary N) is 1. The van der Waals surface area contributed by atoms with Gasteiger partial charge in [-0.15, -0.1) is 0 Å². The molecule has 2 unspecified atom stereocenters. The van der Waals surface area contributed by atoms with E-state index in [0.29, 0.717) is 40.8 Å². The first kappa shape index (κ1) is 28.6. The molecular weight excluding hydrogens is 575 g/mol. The summed E-state index contributed by atoms with van der Waals surface area (Å²) in [5.41, 5.74) is 3.78. The summed E-state index contributed by atoms with van der Waals surface area (Å²) in [5.74, 6) is -0.655. The van der Waals surface area contributed by atoms with E-state index in [2.05, 4.69) is 26.7 Å². The van der Waals surface area contributed by atoms with E-state index < -0.39 is 17.5 Å². The Hall–Kier alpha value is -5.13. The second kappa shape index (κ2) is 10.5. The second-order valence-corrected chi connectivity index (χ2v) is 12.1. The molecule has 0 aliphatic carbocycles. The van der Waals surface area contributed by atoms with E-state index in [0.717, 1.165) is 16.6 Å². The van der Waals surface area contributed by atoms with E-state index in [1.54, 1.807) is 17.3 Å². The van der Waals surface area contributed by atoms with Gasteiger partial charge in [-0.25, -0.2) is 18.7 Å². The minimum absolute atomic E-state index is 0.0327. The van der Waals surface area contributed by atoms with Crippen molar-refractivity contribution in [2.24, 2.45) is 0 Å². The number of amides is 1. The van der Waals surface area contributed by atoms with E-state index in [1.165, 1.54) is 10.6 Å². The minimum Gasteiger partial charge on any atom is -0.487 e. The van der Waals surface area contributed by atoms with Gasteiger partial charge in [0.25, 0.3) is 0 Å². The lowest BCUT2D eigenvalue weighted by Gasteiger charge is -2.45. The molecule has 0 spiro atoms. The summed E-state index contributed by atoms with van der Waals surface area (Å²) < 4.78 is 24.8. The number of pyridine rings is 2. The smallest absolute Gasteiger partial charge is 0.355 e.